The van der Waals surface area contributed by atoms with Crippen LogP contribution in [0.2, 0.25) is 0 Å². The minimum Gasteiger partial charge on any atom is -0.311 e. The molecule has 0 aliphatic heterocycles. The molecule has 2 heteroatoms. The largest absolute Gasteiger partial charge is 0.311 e. The third-order valence-corrected chi connectivity index (χ3v) is 2.38. The van der Waals surface area contributed by atoms with E-state index in [1.807, 2.05) is 6.08 Å². The molecule has 0 saturated carbocycles. The van der Waals surface area contributed by atoms with Crippen molar-refractivity contribution in [1.29, 1.82) is 0 Å². The Kier molecular flexibility index (Phi) is 6.05. The molecule has 0 aromatic rings. The number of likely N-dealkylation sites (N-methyl/N-ethyl adjacent to an activating group) is 1. The number of rotatable bonds is 6. The molecule has 84 valence electrons. The van der Waals surface area contributed by atoms with Gasteiger partial charge in [0.05, 0.1) is 0 Å². The van der Waals surface area contributed by atoms with E-state index < -0.39 is 0 Å². The Hall–Kier alpha value is -0.340. The molecule has 0 heterocycles. The Morgan fingerprint density at radius 1 is 1.43 bits per heavy atom. The molecule has 0 fully saturated rings. The predicted octanol–water partition coefficient (Wildman–Crippen LogP) is 2.27. The molecule has 0 saturated heterocycles. The van der Waals surface area contributed by atoms with Crippen molar-refractivity contribution in [2.24, 2.45) is 0 Å². The summed E-state index contributed by atoms with van der Waals surface area (Å²) in [6.45, 7) is 18.0. The van der Waals surface area contributed by atoms with Gasteiger partial charge < -0.3 is 5.32 Å². The highest BCUT2D eigenvalue weighted by atomic mass is 15.2. The lowest BCUT2D eigenvalue weighted by Crippen LogP contribution is -2.43. The second kappa shape index (κ2) is 6.20. The van der Waals surface area contributed by atoms with Crippen molar-refractivity contribution in [2.45, 2.75) is 46.2 Å². The van der Waals surface area contributed by atoms with Gasteiger partial charge in [-0.2, -0.15) is 0 Å². The molecule has 0 aromatic carbocycles. The zero-order chi connectivity index (χ0) is 11.2. The highest BCUT2D eigenvalue weighted by molar-refractivity contribution is 4.84. The summed E-state index contributed by atoms with van der Waals surface area (Å²) in [5.41, 5.74) is 0.219. The minimum absolute atomic E-state index is 0.219. The van der Waals surface area contributed by atoms with Crippen LogP contribution in [0.3, 0.4) is 0 Å². The first-order valence-corrected chi connectivity index (χ1v) is 5.52. The van der Waals surface area contributed by atoms with Crippen molar-refractivity contribution < 1.29 is 0 Å². The van der Waals surface area contributed by atoms with E-state index in [1.54, 1.807) is 0 Å². The molecular weight excluding hydrogens is 172 g/mol. The maximum Gasteiger partial charge on any atom is 0.0247 e. The Morgan fingerprint density at radius 2 is 2.00 bits per heavy atom. The van der Waals surface area contributed by atoms with Crippen molar-refractivity contribution in [3.63, 3.8) is 0 Å². The SMILES string of the molecule is C=CC(C)N(CC)CCNC(C)(C)C. The van der Waals surface area contributed by atoms with Gasteiger partial charge in [-0.15, -0.1) is 6.58 Å². The molecule has 1 atom stereocenters. The lowest BCUT2D eigenvalue weighted by Gasteiger charge is -2.28. The molecule has 0 rings (SSSR count). The van der Waals surface area contributed by atoms with Crippen molar-refractivity contribution >= 4 is 0 Å². The van der Waals surface area contributed by atoms with Crippen molar-refractivity contribution in [3.8, 4) is 0 Å². The summed E-state index contributed by atoms with van der Waals surface area (Å²) in [6.07, 6.45) is 2.00. The summed E-state index contributed by atoms with van der Waals surface area (Å²) < 4.78 is 0. The van der Waals surface area contributed by atoms with Gasteiger partial charge in [-0.25, -0.2) is 0 Å². The van der Waals surface area contributed by atoms with Crippen LogP contribution in [0.25, 0.3) is 0 Å². The third kappa shape index (κ3) is 6.17. The second-order valence-corrected chi connectivity index (χ2v) is 4.78. The second-order valence-electron chi connectivity index (χ2n) is 4.78. The molecular formula is C12H26N2. The zero-order valence-electron chi connectivity index (χ0n) is 10.4. The van der Waals surface area contributed by atoms with E-state index in [0.29, 0.717) is 6.04 Å². The van der Waals surface area contributed by atoms with Gasteiger partial charge in [-0.05, 0) is 34.2 Å². The van der Waals surface area contributed by atoms with Gasteiger partial charge in [0, 0.05) is 24.7 Å². The normalized spacial score (nSPS) is 14.4. The summed E-state index contributed by atoms with van der Waals surface area (Å²) in [7, 11) is 0. The number of hydrogen-bond donors (Lipinski definition) is 1. The van der Waals surface area contributed by atoms with E-state index in [4.69, 9.17) is 0 Å². The first kappa shape index (κ1) is 13.7. The van der Waals surface area contributed by atoms with Crippen LogP contribution in [0.15, 0.2) is 12.7 Å². The van der Waals surface area contributed by atoms with E-state index in [-0.39, 0.29) is 5.54 Å². The monoisotopic (exact) mass is 198 g/mol. The van der Waals surface area contributed by atoms with Crippen LogP contribution in [-0.4, -0.2) is 36.1 Å². The molecule has 1 N–H and O–H groups in total. The van der Waals surface area contributed by atoms with E-state index in [9.17, 15) is 0 Å². The van der Waals surface area contributed by atoms with Gasteiger partial charge in [0.15, 0.2) is 0 Å². The molecule has 0 spiro atoms. The van der Waals surface area contributed by atoms with Gasteiger partial charge in [0.1, 0.15) is 0 Å². The third-order valence-electron chi connectivity index (χ3n) is 2.38. The van der Waals surface area contributed by atoms with Crippen LogP contribution in [0.4, 0.5) is 0 Å². The van der Waals surface area contributed by atoms with Crippen molar-refractivity contribution in [1.82, 2.24) is 10.2 Å². The Labute approximate surface area is 89.4 Å². The topological polar surface area (TPSA) is 15.3 Å². The van der Waals surface area contributed by atoms with E-state index in [0.717, 1.165) is 19.6 Å². The lowest BCUT2D eigenvalue weighted by atomic mass is 10.1. The maximum absolute atomic E-state index is 3.82. The van der Waals surface area contributed by atoms with Crippen LogP contribution >= 0.6 is 0 Å². The van der Waals surface area contributed by atoms with Gasteiger partial charge in [-0.1, -0.05) is 13.0 Å². The Bertz CT molecular complexity index is 158. The summed E-state index contributed by atoms with van der Waals surface area (Å²) >= 11 is 0. The van der Waals surface area contributed by atoms with Gasteiger partial charge >= 0.3 is 0 Å². The first-order valence-electron chi connectivity index (χ1n) is 5.52. The summed E-state index contributed by atoms with van der Waals surface area (Å²) in [5.74, 6) is 0. The molecule has 0 bridgehead atoms. The molecule has 0 aliphatic rings. The molecule has 0 radical (unpaired) electrons. The number of nitrogens with one attached hydrogen (secondary N) is 1. The minimum atomic E-state index is 0.219. The smallest absolute Gasteiger partial charge is 0.0247 e. The van der Waals surface area contributed by atoms with Gasteiger partial charge in [-0.3, -0.25) is 4.90 Å². The molecule has 0 amide bonds. The molecule has 1 unspecified atom stereocenters. The highest BCUT2D eigenvalue weighted by Crippen LogP contribution is 2.01. The number of nitrogens with zero attached hydrogens (tertiary/aromatic N) is 1. The van der Waals surface area contributed by atoms with Crippen molar-refractivity contribution in [2.75, 3.05) is 19.6 Å². The van der Waals surface area contributed by atoms with Crippen molar-refractivity contribution in [3.05, 3.63) is 12.7 Å². The Morgan fingerprint density at radius 3 is 2.36 bits per heavy atom. The van der Waals surface area contributed by atoms with Crippen LogP contribution < -0.4 is 5.32 Å². The molecule has 0 aliphatic carbocycles. The van der Waals surface area contributed by atoms with Gasteiger partial charge in [0.25, 0.3) is 0 Å². The van der Waals surface area contributed by atoms with Crippen LogP contribution in [-0.2, 0) is 0 Å². The zero-order valence-corrected chi connectivity index (χ0v) is 10.4. The van der Waals surface area contributed by atoms with E-state index >= 15 is 0 Å². The maximum atomic E-state index is 3.82. The fourth-order valence-corrected chi connectivity index (χ4v) is 1.37. The van der Waals surface area contributed by atoms with E-state index in [2.05, 4.69) is 51.4 Å². The van der Waals surface area contributed by atoms with Crippen LogP contribution in [0.1, 0.15) is 34.6 Å². The van der Waals surface area contributed by atoms with Crippen LogP contribution in [0, 0.1) is 0 Å². The summed E-state index contributed by atoms with van der Waals surface area (Å²) in [5, 5.41) is 3.49. The van der Waals surface area contributed by atoms with Crippen LogP contribution in [0.5, 0.6) is 0 Å². The van der Waals surface area contributed by atoms with Gasteiger partial charge in [0.2, 0.25) is 0 Å². The average Bonchev–Trinajstić information content (AvgIpc) is 2.09. The fourth-order valence-electron chi connectivity index (χ4n) is 1.37. The summed E-state index contributed by atoms with van der Waals surface area (Å²) in [6, 6.07) is 0.474. The number of hydrogen-bond acceptors (Lipinski definition) is 2. The Balaban J connectivity index is 3.79. The quantitative estimate of drug-likeness (QED) is 0.659. The fraction of sp³-hybridized carbons (Fsp3) is 0.833. The average molecular weight is 198 g/mol. The summed E-state index contributed by atoms with van der Waals surface area (Å²) in [4.78, 5) is 2.41. The predicted molar refractivity (Wildman–Crippen MR) is 64.7 cm³/mol. The standard InChI is InChI=1S/C12H26N2/c1-7-11(3)14(8-2)10-9-13-12(4,5)6/h7,11,13H,1,8-10H2,2-6H3. The first-order chi connectivity index (χ1) is 6.40. The lowest BCUT2D eigenvalue weighted by molar-refractivity contribution is 0.244. The van der Waals surface area contributed by atoms with E-state index in [1.165, 1.54) is 0 Å². The highest BCUT2D eigenvalue weighted by Gasteiger charge is 2.11. The molecule has 14 heavy (non-hydrogen) atoms. The molecule has 2 nitrogen and oxygen atoms in total. The molecule has 0 aromatic heterocycles.